The van der Waals surface area contributed by atoms with Gasteiger partial charge in [0.05, 0.1) is 6.61 Å². The van der Waals surface area contributed by atoms with Crippen LogP contribution in [0.2, 0.25) is 0 Å². The number of aliphatic imine (C=N–C) groups is 1. The highest BCUT2D eigenvalue weighted by atomic mass is 16.5. The second-order valence-electron chi connectivity index (χ2n) is 5.21. The number of carbonyl (C=O) groups excluding carboxylic acids is 1. The van der Waals surface area contributed by atoms with Crippen LogP contribution in [0.1, 0.15) is 19.5 Å². The normalized spacial score (nSPS) is 11.2. The van der Waals surface area contributed by atoms with Crippen molar-refractivity contribution >= 4 is 11.9 Å². The van der Waals surface area contributed by atoms with Gasteiger partial charge < -0.3 is 20.3 Å². The Morgan fingerprint density at radius 2 is 2.17 bits per heavy atom. The van der Waals surface area contributed by atoms with Gasteiger partial charge in [-0.3, -0.25) is 9.78 Å². The zero-order valence-corrected chi connectivity index (χ0v) is 14.9. The molecule has 0 aromatic carbocycles. The van der Waals surface area contributed by atoms with E-state index in [2.05, 4.69) is 20.6 Å². The summed E-state index contributed by atoms with van der Waals surface area (Å²) in [6.07, 6.45) is 2.50. The van der Waals surface area contributed by atoms with Crippen molar-refractivity contribution < 1.29 is 9.53 Å². The molecular formula is C17H29N5O2. The summed E-state index contributed by atoms with van der Waals surface area (Å²) in [6.45, 7) is 7.38. The van der Waals surface area contributed by atoms with E-state index in [9.17, 15) is 4.79 Å². The van der Waals surface area contributed by atoms with Crippen molar-refractivity contribution in [3.63, 3.8) is 0 Å². The third-order valence-electron chi connectivity index (χ3n) is 3.31. The number of nitrogens with one attached hydrogen (secondary N) is 2. The predicted molar refractivity (Wildman–Crippen MR) is 96.1 cm³/mol. The highest BCUT2D eigenvalue weighted by Crippen LogP contribution is 1.97. The smallest absolute Gasteiger partial charge is 0.244 e. The molecule has 1 rings (SSSR count). The van der Waals surface area contributed by atoms with Crippen molar-refractivity contribution in [2.45, 2.75) is 20.3 Å². The van der Waals surface area contributed by atoms with Crippen LogP contribution in [0.15, 0.2) is 29.4 Å². The Balaban J connectivity index is 2.38. The maximum Gasteiger partial charge on any atom is 0.244 e. The van der Waals surface area contributed by atoms with Gasteiger partial charge in [-0.15, -0.1) is 0 Å². The van der Waals surface area contributed by atoms with Crippen LogP contribution in [0, 0.1) is 0 Å². The molecular weight excluding hydrogens is 306 g/mol. The number of ether oxygens (including phenoxy) is 1. The van der Waals surface area contributed by atoms with Crippen LogP contribution in [0.25, 0.3) is 0 Å². The second kappa shape index (κ2) is 12.3. The molecule has 24 heavy (non-hydrogen) atoms. The van der Waals surface area contributed by atoms with Crippen LogP contribution in [0.4, 0.5) is 0 Å². The number of aromatic nitrogens is 1. The molecule has 0 saturated heterocycles. The monoisotopic (exact) mass is 335 g/mol. The lowest BCUT2D eigenvalue weighted by Gasteiger charge is -2.16. The molecule has 2 N–H and O–H groups in total. The fraction of sp³-hybridized carbons (Fsp3) is 0.588. The van der Waals surface area contributed by atoms with Crippen LogP contribution >= 0.6 is 0 Å². The number of hydrogen-bond acceptors (Lipinski definition) is 4. The Bertz CT molecular complexity index is 493. The van der Waals surface area contributed by atoms with Gasteiger partial charge in [0.2, 0.25) is 5.91 Å². The molecule has 134 valence electrons. The molecule has 0 aliphatic carbocycles. The number of guanidine groups is 1. The maximum atomic E-state index is 12.2. The van der Waals surface area contributed by atoms with Gasteiger partial charge >= 0.3 is 0 Å². The fourth-order valence-corrected chi connectivity index (χ4v) is 1.95. The molecule has 0 radical (unpaired) electrons. The zero-order chi connectivity index (χ0) is 17.6. The number of likely N-dealkylation sites (N-methyl/N-ethyl adjacent to an activating group) is 1. The van der Waals surface area contributed by atoms with E-state index in [0.29, 0.717) is 32.3 Å². The van der Waals surface area contributed by atoms with E-state index in [0.717, 1.165) is 18.7 Å². The number of hydrogen-bond donors (Lipinski definition) is 2. The first-order valence-electron chi connectivity index (χ1n) is 8.41. The van der Waals surface area contributed by atoms with Crippen molar-refractivity contribution in [3.05, 3.63) is 30.1 Å². The summed E-state index contributed by atoms with van der Waals surface area (Å²) in [5, 5.41) is 6.26. The van der Waals surface area contributed by atoms with E-state index in [-0.39, 0.29) is 12.5 Å². The van der Waals surface area contributed by atoms with Gasteiger partial charge in [0.15, 0.2) is 5.96 Å². The van der Waals surface area contributed by atoms with E-state index in [4.69, 9.17) is 4.74 Å². The fourth-order valence-electron chi connectivity index (χ4n) is 1.95. The predicted octanol–water partition coefficient (Wildman–Crippen LogP) is 0.674. The number of amides is 1. The highest BCUT2D eigenvalue weighted by Gasteiger charge is 2.09. The Labute approximate surface area is 144 Å². The van der Waals surface area contributed by atoms with Crippen LogP contribution < -0.4 is 10.6 Å². The summed E-state index contributed by atoms with van der Waals surface area (Å²) in [6, 6.07) is 5.79. The van der Waals surface area contributed by atoms with E-state index in [1.165, 1.54) is 0 Å². The number of nitrogens with zero attached hydrogens (tertiary/aromatic N) is 3. The van der Waals surface area contributed by atoms with E-state index in [1.54, 1.807) is 18.1 Å². The van der Waals surface area contributed by atoms with Crippen LogP contribution in [0.3, 0.4) is 0 Å². The van der Waals surface area contributed by atoms with Gasteiger partial charge in [0, 0.05) is 51.6 Å². The largest absolute Gasteiger partial charge is 0.380 e. The number of rotatable bonds is 10. The van der Waals surface area contributed by atoms with Crippen LogP contribution in [0.5, 0.6) is 0 Å². The lowest BCUT2D eigenvalue weighted by atomic mass is 10.2. The average molecular weight is 335 g/mol. The third-order valence-corrected chi connectivity index (χ3v) is 3.31. The topological polar surface area (TPSA) is 78.9 Å². The van der Waals surface area contributed by atoms with Gasteiger partial charge in [-0.1, -0.05) is 6.07 Å². The number of pyridine rings is 1. The Hall–Kier alpha value is -2.15. The Morgan fingerprint density at radius 1 is 1.33 bits per heavy atom. The van der Waals surface area contributed by atoms with Crippen LogP contribution in [-0.4, -0.2) is 68.2 Å². The van der Waals surface area contributed by atoms with Crippen molar-refractivity contribution in [1.82, 2.24) is 20.5 Å². The van der Waals surface area contributed by atoms with Crippen LogP contribution in [-0.2, 0) is 16.0 Å². The molecule has 0 saturated carbocycles. The zero-order valence-electron chi connectivity index (χ0n) is 14.9. The molecule has 0 aliphatic rings. The quantitative estimate of drug-likeness (QED) is 0.373. The van der Waals surface area contributed by atoms with E-state index in [1.807, 2.05) is 32.0 Å². The minimum atomic E-state index is -0.0204. The Kier molecular flexibility index (Phi) is 10.2. The molecule has 0 aliphatic heterocycles. The minimum absolute atomic E-state index is 0.0204. The summed E-state index contributed by atoms with van der Waals surface area (Å²) in [5.41, 5.74) is 0.978. The molecule has 7 heteroatoms. The van der Waals surface area contributed by atoms with Gasteiger partial charge in [-0.25, -0.2) is 4.99 Å². The first kappa shape index (κ1) is 19.9. The second-order valence-corrected chi connectivity index (χ2v) is 5.21. The van der Waals surface area contributed by atoms with Gasteiger partial charge in [0.25, 0.3) is 0 Å². The molecule has 0 spiro atoms. The third kappa shape index (κ3) is 8.47. The molecule has 1 aromatic rings. The number of carbonyl (C=O) groups is 1. The van der Waals surface area contributed by atoms with Crippen molar-refractivity contribution in [3.8, 4) is 0 Å². The summed E-state index contributed by atoms with van der Waals surface area (Å²) in [4.78, 5) is 22.4. The lowest BCUT2D eigenvalue weighted by molar-refractivity contribution is -0.128. The van der Waals surface area contributed by atoms with Gasteiger partial charge in [0.1, 0.15) is 6.54 Å². The first-order chi connectivity index (χ1) is 11.7. The SMILES string of the molecule is CCNC(=NCC(=O)N(C)CCc1ccccn1)NCCOCC. The van der Waals surface area contributed by atoms with Gasteiger partial charge in [-0.05, 0) is 26.0 Å². The van der Waals surface area contributed by atoms with E-state index < -0.39 is 0 Å². The first-order valence-corrected chi connectivity index (χ1v) is 8.41. The Morgan fingerprint density at radius 3 is 2.83 bits per heavy atom. The average Bonchev–Trinajstić information content (AvgIpc) is 2.61. The summed E-state index contributed by atoms with van der Waals surface area (Å²) in [7, 11) is 1.79. The molecule has 0 fully saturated rings. The molecule has 0 atom stereocenters. The minimum Gasteiger partial charge on any atom is -0.380 e. The van der Waals surface area contributed by atoms with E-state index >= 15 is 0 Å². The molecule has 0 unspecified atom stereocenters. The standard InChI is InChI=1S/C17H29N5O2/c1-4-18-17(20-11-13-24-5-2)21-14-16(23)22(3)12-9-15-8-6-7-10-19-15/h6-8,10H,4-5,9,11-14H2,1-3H3,(H2,18,20,21). The van der Waals surface area contributed by atoms with Crippen molar-refractivity contribution in [2.24, 2.45) is 4.99 Å². The summed E-state index contributed by atoms with van der Waals surface area (Å²) >= 11 is 0. The summed E-state index contributed by atoms with van der Waals surface area (Å²) < 4.78 is 5.27. The van der Waals surface area contributed by atoms with Crippen molar-refractivity contribution in [1.29, 1.82) is 0 Å². The molecule has 1 aromatic heterocycles. The van der Waals surface area contributed by atoms with Crippen molar-refractivity contribution in [2.75, 3.05) is 46.4 Å². The summed E-state index contributed by atoms with van der Waals surface area (Å²) in [5.74, 6) is 0.608. The lowest BCUT2D eigenvalue weighted by Crippen LogP contribution is -2.40. The maximum absolute atomic E-state index is 12.2. The highest BCUT2D eigenvalue weighted by molar-refractivity contribution is 5.84. The molecule has 0 bridgehead atoms. The molecule has 1 amide bonds. The molecule has 7 nitrogen and oxygen atoms in total. The molecule has 1 heterocycles. The van der Waals surface area contributed by atoms with Gasteiger partial charge in [-0.2, -0.15) is 0 Å².